The molecule has 3 N–H and O–H groups in total. The molecule has 4 aliphatic rings. The topological polar surface area (TPSA) is 108 Å². The van der Waals surface area contributed by atoms with Gasteiger partial charge in [0.15, 0.2) is 0 Å². The first-order valence-electron chi connectivity index (χ1n) is 16.6. The van der Waals surface area contributed by atoms with Crippen LogP contribution in [0.15, 0.2) is 42.5 Å². The van der Waals surface area contributed by atoms with Crippen molar-refractivity contribution in [2.75, 3.05) is 57.7 Å². The molecule has 248 valence electrons. The molecule has 2 aromatic carbocycles. The van der Waals surface area contributed by atoms with Crippen LogP contribution in [-0.4, -0.2) is 113 Å². The summed E-state index contributed by atoms with van der Waals surface area (Å²) in [6.07, 6.45) is 3.96. The zero-order chi connectivity index (χ0) is 32.2. The Bertz CT molecular complexity index is 1420. The number of carbonyl (C=O) groups is 3. The third-order valence-corrected chi connectivity index (χ3v) is 11.1. The molecule has 4 amide bonds. The maximum Gasteiger partial charge on any atom is 0.407 e. The first-order chi connectivity index (χ1) is 22.3. The minimum atomic E-state index is -1.05. The van der Waals surface area contributed by atoms with Crippen molar-refractivity contribution in [2.24, 2.45) is 5.92 Å². The molecule has 2 aromatic rings. The molecule has 3 atom stereocenters. The lowest BCUT2D eigenvalue weighted by Gasteiger charge is -2.45. The molecule has 3 fully saturated rings. The minimum absolute atomic E-state index is 0.0390. The van der Waals surface area contributed by atoms with E-state index in [0.29, 0.717) is 61.4 Å². The number of urea groups is 1. The molecule has 46 heavy (non-hydrogen) atoms. The Morgan fingerprint density at radius 3 is 2.50 bits per heavy atom. The largest absolute Gasteiger partial charge is 0.465 e. The Labute approximate surface area is 281 Å². The van der Waals surface area contributed by atoms with E-state index in [-0.39, 0.29) is 24.5 Å². The molecule has 4 heterocycles. The number of nitrogens with one attached hydrogen (secondary N) is 2. The predicted molar refractivity (Wildman–Crippen MR) is 180 cm³/mol. The summed E-state index contributed by atoms with van der Waals surface area (Å²) in [6.45, 7) is 5.80. The van der Waals surface area contributed by atoms with Gasteiger partial charge in [-0.1, -0.05) is 47.5 Å². The van der Waals surface area contributed by atoms with E-state index in [1.54, 1.807) is 12.1 Å². The van der Waals surface area contributed by atoms with E-state index in [4.69, 9.17) is 23.2 Å². The Hall–Kier alpha value is -3.05. The van der Waals surface area contributed by atoms with Crippen LogP contribution >= 0.6 is 23.2 Å². The Morgan fingerprint density at radius 1 is 0.913 bits per heavy atom. The highest BCUT2D eigenvalue weighted by molar-refractivity contribution is 6.42. The second-order valence-corrected chi connectivity index (χ2v) is 13.8. The van der Waals surface area contributed by atoms with Gasteiger partial charge in [-0.05, 0) is 87.4 Å². The Kier molecular flexibility index (Phi) is 10.6. The van der Waals surface area contributed by atoms with Gasteiger partial charge in [0.1, 0.15) is 0 Å². The lowest BCUT2D eigenvalue weighted by molar-refractivity contribution is -0.138. The summed E-state index contributed by atoms with van der Waals surface area (Å²) in [5, 5.41) is 17.7. The number of fused-ring (bicyclic) bond motifs is 1. The number of nitrogens with zero attached hydrogens (tertiary/aromatic N) is 4. The van der Waals surface area contributed by atoms with Crippen LogP contribution in [0, 0.1) is 5.92 Å². The third kappa shape index (κ3) is 7.40. The summed E-state index contributed by atoms with van der Waals surface area (Å²) in [7, 11) is 0. The average Bonchev–Trinajstić information content (AvgIpc) is 3.41. The van der Waals surface area contributed by atoms with Crippen LogP contribution in [0.5, 0.6) is 0 Å². The molecule has 0 bridgehead atoms. The predicted octanol–water partition coefficient (Wildman–Crippen LogP) is 5.04. The number of para-hydroxylation sites is 1. The second kappa shape index (κ2) is 14.8. The SMILES string of the molecule is O=C(C(Cc1ccc(Cl)c(Cl)c1)[C@H]1CC(N2CCc3ccccc3NC2=O)CCN1C(=O)O)N1CCCN(C2CCNCC2)CC1. The van der Waals surface area contributed by atoms with Crippen LogP contribution < -0.4 is 10.6 Å². The van der Waals surface area contributed by atoms with Crippen molar-refractivity contribution in [1.82, 2.24) is 24.9 Å². The number of piperidine rings is 2. The van der Waals surface area contributed by atoms with E-state index in [1.807, 2.05) is 40.1 Å². The highest BCUT2D eigenvalue weighted by atomic mass is 35.5. The number of benzene rings is 2. The van der Waals surface area contributed by atoms with Gasteiger partial charge in [0, 0.05) is 63.1 Å². The van der Waals surface area contributed by atoms with Gasteiger partial charge in [0.05, 0.1) is 16.0 Å². The summed E-state index contributed by atoms with van der Waals surface area (Å²) in [6, 6.07) is 12.7. The van der Waals surface area contributed by atoms with Gasteiger partial charge in [-0.3, -0.25) is 9.69 Å². The van der Waals surface area contributed by atoms with Crippen LogP contribution in [0.1, 0.15) is 43.2 Å². The summed E-state index contributed by atoms with van der Waals surface area (Å²) in [5.74, 6) is -0.684. The molecule has 0 saturated carbocycles. The Morgan fingerprint density at radius 2 is 1.72 bits per heavy atom. The highest BCUT2D eigenvalue weighted by Gasteiger charge is 2.44. The lowest BCUT2D eigenvalue weighted by Crippen LogP contribution is -2.58. The molecule has 4 aliphatic heterocycles. The molecule has 3 saturated heterocycles. The van der Waals surface area contributed by atoms with Crippen LogP contribution in [0.25, 0.3) is 0 Å². The normalized spacial score (nSPS) is 24.0. The number of amides is 4. The number of carbonyl (C=O) groups excluding carboxylic acids is 2. The van der Waals surface area contributed by atoms with Crippen LogP contribution in [0.3, 0.4) is 0 Å². The van der Waals surface area contributed by atoms with Crippen molar-refractivity contribution in [3.63, 3.8) is 0 Å². The fourth-order valence-electron chi connectivity index (χ4n) is 7.86. The molecule has 12 heteroatoms. The van der Waals surface area contributed by atoms with Gasteiger partial charge in [-0.15, -0.1) is 0 Å². The molecular formula is C34H44Cl2N6O4. The number of rotatable bonds is 6. The Balaban J connectivity index is 1.26. The number of hydrogen-bond acceptors (Lipinski definition) is 5. The van der Waals surface area contributed by atoms with Gasteiger partial charge in [0.2, 0.25) is 5.91 Å². The quantitative estimate of drug-likeness (QED) is 0.398. The molecule has 0 spiro atoms. The molecule has 0 radical (unpaired) electrons. The van der Waals surface area contributed by atoms with Crippen molar-refractivity contribution < 1.29 is 19.5 Å². The van der Waals surface area contributed by atoms with Crippen molar-refractivity contribution in [3.05, 3.63) is 63.6 Å². The summed E-state index contributed by atoms with van der Waals surface area (Å²) >= 11 is 12.6. The molecule has 10 nitrogen and oxygen atoms in total. The van der Waals surface area contributed by atoms with Gasteiger partial charge in [-0.2, -0.15) is 0 Å². The van der Waals surface area contributed by atoms with Gasteiger partial charge in [0.25, 0.3) is 0 Å². The maximum atomic E-state index is 14.6. The van der Waals surface area contributed by atoms with Crippen LogP contribution in [0.2, 0.25) is 10.0 Å². The van der Waals surface area contributed by atoms with Crippen LogP contribution in [0.4, 0.5) is 15.3 Å². The number of anilines is 1. The molecule has 0 aliphatic carbocycles. The average molecular weight is 672 g/mol. The van der Waals surface area contributed by atoms with Gasteiger partial charge < -0.3 is 30.4 Å². The van der Waals surface area contributed by atoms with Gasteiger partial charge >= 0.3 is 12.1 Å². The van der Waals surface area contributed by atoms with Gasteiger partial charge in [-0.25, -0.2) is 9.59 Å². The zero-order valence-electron chi connectivity index (χ0n) is 26.2. The number of likely N-dealkylation sites (tertiary alicyclic amines) is 1. The van der Waals surface area contributed by atoms with Crippen LogP contribution in [-0.2, 0) is 17.6 Å². The van der Waals surface area contributed by atoms with Crippen molar-refractivity contribution in [3.8, 4) is 0 Å². The van der Waals surface area contributed by atoms with E-state index in [2.05, 4.69) is 15.5 Å². The van der Waals surface area contributed by atoms with Crippen molar-refractivity contribution in [1.29, 1.82) is 0 Å². The number of halogens is 2. The fourth-order valence-corrected chi connectivity index (χ4v) is 8.18. The number of hydrogen-bond donors (Lipinski definition) is 3. The van der Waals surface area contributed by atoms with E-state index in [0.717, 1.165) is 62.3 Å². The second-order valence-electron chi connectivity index (χ2n) is 13.0. The molecule has 0 aromatic heterocycles. The van der Waals surface area contributed by atoms with E-state index < -0.39 is 18.1 Å². The van der Waals surface area contributed by atoms with E-state index >= 15 is 0 Å². The minimum Gasteiger partial charge on any atom is -0.465 e. The molecular weight excluding hydrogens is 627 g/mol. The number of carboxylic acid groups (broad SMARTS) is 1. The first kappa shape index (κ1) is 32.9. The smallest absolute Gasteiger partial charge is 0.407 e. The van der Waals surface area contributed by atoms with E-state index in [1.165, 1.54) is 4.90 Å². The zero-order valence-corrected chi connectivity index (χ0v) is 27.7. The summed E-state index contributed by atoms with van der Waals surface area (Å²) < 4.78 is 0. The third-order valence-electron chi connectivity index (χ3n) is 10.3. The summed E-state index contributed by atoms with van der Waals surface area (Å²) in [4.78, 5) is 48.6. The van der Waals surface area contributed by atoms with E-state index in [9.17, 15) is 19.5 Å². The molecule has 2 unspecified atom stereocenters. The summed E-state index contributed by atoms with van der Waals surface area (Å²) in [5.41, 5.74) is 2.71. The maximum absolute atomic E-state index is 14.6. The van der Waals surface area contributed by atoms with Crippen molar-refractivity contribution in [2.45, 2.75) is 63.1 Å². The molecule has 6 rings (SSSR count). The lowest BCUT2D eigenvalue weighted by atomic mass is 9.82. The van der Waals surface area contributed by atoms with Crippen molar-refractivity contribution >= 4 is 46.9 Å². The fraction of sp³-hybridized carbons (Fsp3) is 0.559. The monoisotopic (exact) mass is 670 g/mol. The first-order valence-corrected chi connectivity index (χ1v) is 17.4. The standard InChI is InChI=1S/C34H44Cl2N6O4/c35-28-7-6-23(21-29(28)36)20-27(32(43)40-15-3-14-39(18-19-40)25-8-12-37-13-9-25)31-22-26(11-17-42(31)34(45)46)41-16-10-24-4-1-2-5-30(24)38-33(41)44/h1-2,4-7,21,25-27,31,37H,3,8-20,22H2,(H,38,44)(H,45,46)/t26?,27?,31-/m1/s1. The highest BCUT2D eigenvalue weighted by Crippen LogP contribution is 2.34.